The molecule has 3 heterocycles. The third-order valence-corrected chi connectivity index (χ3v) is 9.57. The average Bonchev–Trinajstić information content (AvgIpc) is 3.45. The Hall–Kier alpha value is -5.18. The highest BCUT2D eigenvalue weighted by atomic mass is 32.1. The first-order valence-corrected chi connectivity index (χ1v) is 16.0. The fourth-order valence-corrected chi connectivity index (χ4v) is 6.92. The first kappa shape index (κ1) is 32.7. The molecule has 1 aliphatic heterocycles. The Morgan fingerprint density at radius 1 is 1.08 bits per heavy atom. The predicted octanol–water partition coefficient (Wildman–Crippen LogP) is 4.70. The zero-order valence-electron chi connectivity index (χ0n) is 25.7. The molecule has 14 heteroatoms. The molecule has 0 saturated carbocycles. The molecule has 1 fully saturated rings. The van der Waals surface area contributed by atoms with E-state index in [0.717, 1.165) is 19.5 Å². The Bertz CT molecular complexity index is 2190. The van der Waals surface area contributed by atoms with Crippen LogP contribution in [0.25, 0.3) is 20.2 Å². The quantitative estimate of drug-likeness (QED) is 0.0913. The van der Waals surface area contributed by atoms with E-state index < -0.39 is 46.7 Å². The van der Waals surface area contributed by atoms with Crippen LogP contribution in [0.3, 0.4) is 0 Å². The maximum absolute atomic E-state index is 13.2. The van der Waals surface area contributed by atoms with Crippen LogP contribution in [-0.4, -0.2) is 51.2 Å². The van der Waals surface area contributed by atoms with Crippen molar-refractivity contribution < 1.29 is 29.0 Å². The minimum Gasteiger partial charge on any atom is -0.434 e. The third-order valence-electron chi connectivity index (χ3n) is 8.42. The van der Waals surface area contributed by atoms with Gasteiger partial charge < -0.3 is 19.3 Å². The standard InChI is InChI=1S/C34H31N3O10S/c1-19-16-36(33(41)35-32(19)40)30-15-26(38)27(47-30)18-46-34(42)45-17-21(22-6-2-4-8-25(22)37(43)44)12-10-20-11-13-29-24(14-20)31(39)23-7-3-5-9-28(23)48-29/h2-9,11,13-14,16,21,26-27,30,38H,10,12,15,17-18H2,1H3,(H,35,40,41)/t21?,26-,27+,30+/m0/s1. The zero-order chi connectivity index (χ0) is 33.9. The smallest absolute Gasteiger partial charge is 0.434 e. The van der Waals surface area contributed by atoms with Crippen LogP contribution >= 0.6 is 11.3 Å². The Balaban J connectivity index is 1.13. The molecular formula is C34H31N3O10S. The molecule has 2 aromatic heterocycles. The van der Waals surface area contributed by atoms with Crippen LogP contribution in [0.5, 0.6) is 0 Å². The van der Waals surface area contributed by atoms with Crippen molar-refractivity contribution in [3.05, 3.63) is 131 Å². The van der Waals surface area contributed by atoms with E-state index in [0.29, 0.717) is 29.2 Å². The van der Waals surface area contributed by atoms with Gasteiger partial charge in [0, 0.05) is 55.9 Å². The number of nitro groups is 1. The number of hydrogen-bond donors (Lipinski definition) is 2. The number of carbonyl (C=O) groups is 1. The number of aromatic nitrogens is 2. The molecule has 0 radical (unpaired) electrons. The van der Waals surface area contributed by atoms with E-state index in [1.807, 2.05) is 36.4 Å². The van der Waals surface area contributed by atoms with Crippen molar-refractivity contribution in [2.24, 2.45) is 0 Å². The summed E-state index contributed by atoms with van der Waals surface area (Å²) in [6.45, 7) is 0.911. The molecule has 0 bridgehead atoms. The van der Waals surface area contributed by atoms with Gasteiger partial charge in [0.2, 0.25) is 0 Å². The minimum atomic E-state index is -1.07. The summed E-state index contributed by atoms with van der Waals surface area (Å²) in [6.07, 6.45) is -1.84. The Kier molecular flexibility index (Phi) is 9.48. The number of aromatic amines is 1. The first-order valence-electron chi connectivity index (χ1n) is 15.2. The molecule has 248 valence electrons. The van der Waals surface area contributed by atoms with Gasteiger partial charge in [-0.15, -0.1) is 11.3 Å². The molecule has 0 spiro atoms. The molecule has 0 aliphatic carbocycles. The van der Waals surface area contributed by atoms with Crippen LogP contribution in [0.2, 0.25) is 0 Å². The summed E-state index contributed by atoms with van der Waals surface area (Å²) in [7, 11) is 0. The molecule has 3 aromatic carbocycles. The van der Waals surface area contributed by atoms with Crippen LogP contribution in [0, 0.1) is 17.0 Å². The van der Waals surface area contributed by atoms with Crippen molar-refractivity contribution in [1.29, 1.82) is 0 Å². The van der Waals surface area contributed by atoms with Gasteiger partial charge in [-0.1, -0.05) is 36.4 Å². The lowest BCUT2D eigenvalue weighted by Gasteiger charge is -2.19. The fraction of sp³-hybridized carbons (Fsp3) is 0.294. The monoisotopic (exact) mass is 673 g/mol. The van der Waals surface area contributed by atoms with Crippen molar-refractivity contribution in [1.82, 2.24) is 9.55 Å². The van der Waals surface area contributed by atoms with Crippen LogP contribution in [0.15, 0.2) is 87.3 Å². The summed E-state index contributed by atoms with van der Waals surface area (Å²) in [6, 6.07) is 19.3. The summed E-state index contributed by atoms with van der Waals surface area (Å²) < 4.78 is 19.3. The van der Waals surface area contributed by atoms with E-state index in [4.69, 9.17) is 14.2 Å². The van der Waals surface area contributed by atoms with Gasteiger partial charge in [-0.2, -0.15) is 0 Å². The number of aryl methyl sites for hydroxylation is 2. The largest absolute Gasteiger partial charge is 0.508 e. The predicted molar refractivity (Wildman–Crippen MR) is 178 cm³/mol. The van der Waals surface area contributed by atoms with E-state index in [9.17, 15) is 34.4 Å². The van der Waals surface area contributed by atoms with Crippen molar-refractivity contribution >= 4 is 43.4 Å². The number of fused-ring (bicyclic) bond motifs is 2. The Morgan fingerprint density at radius 3 is 2.65 bits per heavy atom. The van der Waals surface area contributed by atoms with Gasteiger partial charge in [0.25, 0.3) is 11.2 Å². The number of nitro benzene ring substituents is 1. The van der Waals surface area contributed by atoms with Gasteiger partial charge in [0.05, 0.1) is 11.0 Å². The molecule has 48 heavy (non-hydrogen) atoms. The highest BCUT2D eigenvalue weighted by molar-refractivity contribution is 7.24. The number of rotatable bonds is 10. The normalized spacial score (nSPS) is 18.2. The van der Waals surface area contributed by atoms with E-state index in [1.165, 1.54) is 30.5 Å². The SMILES string of the molecule is Cc1cn([C@H]2C[C@H](O)[C@@H](COC(=O)OCC(CCc3ccc4sc5ccccc5c(=O)c4c3)c3ccccc3[N+](=O)[O-])O2)c(=O)[nH]c1=O. The minimum absolute atomic E-state index is 0.0215. The van der Waals surface area contributed by atoms with Gasteiger partial charge in [0.15, 0.2) is 5.43 Å². The van der Waals surface area contributed by atoms with Crippen LogP contribution in [0.4, 0.5) is 10.5 Å². The highest BCUT2D eigenvalue weighted by Crippen LogP contribution is 2.32. The van der Waals surface area contributed by atoms with Crippen LogP contribution in [-0.2, 0) is 20.6 Å². The molecule has 0 amide bonds. The van der Waals surface area contributed by atoms with E-state index in [1.54, 1.807) is 24.3 Å². The number of nitrogens with one attached hydrogen (secondary N) is 1. The Labute approximate surface area is 276 Å². The number of nitrogens with zero attached hydrogens (tertiary/aromatic N) is 2. The number of aliphatic hydroxyl groups excluding tert-OH is 1. The molecule has 13 nitrogen and oxygen atoms in total. The zero-order valence-corrected chi connectivity index (χ0v) is 26.5. The lowest BCUT2D eigenvalue weighted by molar-refractivity contribution is -0.385. The second-order valence-corrected chi connectivity index (χ2v) is 12.7. The number of aliphatic hydroxyl groups is 1. The van der Waals surface area contributed by atoms with Gasteiger partial charge >= 0.3 is 11.8 Å². The molecule has 1 unspecified atom stereocenters. The number of ether oxygens (including phenoxy) is 3. The highest BCUT2D eigenvalue weighted by Gasteiger charge is 2.36. The summed E-state index contributed by atoms with van der Waals surface area (Å²) in [4.78, 5) is 63.4. The van der Waals surface area contributed by atoms with Gasteiger partial charge in [0.1, 0.15) is 25.5 Å². The Morgan fingerprint density at radius 2 is 1.83 bits per heavy atom. The van der Waals surface area contributed by atoms with E-state index in [-0.39, 0.29) is 36.3 Å². The lowest BCUT2D eigenvalue weighted by Crippen LogP contribution is -2.33. The number of carbonyl (C=O) groups excluding carboxylic acids is 1. The summed E-state index contributed by atoms with van der Waals surface area (Å²) in [5.41, 5.74) is 0.116. The molecule has 4 atom stereocenters. The molecule has 2 N–H and O–H groups in total. The molecule has 1 aliphatic rings. The van der Waals surface area contributed by atoms with Crippen molar-refractivity contribution in [2.75, 3.05) is 13.2 Å². The lowest BCUT2D eigenvalue weighted by atomic mass is 9.91. The second kappa shape index (κ2) is 13.9. The van der Waals surface area contributed by atoms with Gasteiger partial charge in [-0.25, -0.2) is 9.59 Å². The fourth-order valence-electron chi connectivity index (χ4n) is 5.87. The maximum atomic E-state index is 13.2. The topological polar surface area (TPSA) is 180 Å². The van der Waals surface area contributed by atoms with Crippen molar-refractivity contribution in [2.45, 2.75) is 50.5 Å². The van der Waals surface area contributed by atoms with E-state index >= 15 is 0 Å². The second-order valence-electron chi connectivity index (χ2n) is 11.6. The molecular weight excluding hydrogens is 642 g/mol. The van der Waals surface area contributed by atoms with Crippen LogP contribution in [0.1, 0.15) is 41.7 Å². The summed E-state index contributed by atoms with van der Waals surface area (Å²) in [5, 5.41) is 23.6. The van der Waals surface area contributed by atoms with Crippen molar-refractivity contribution in [3.8, 4) is 0 Å². The van der Waals surface area contributed by atoms with Gasteiger partial charge in [-0.3, -0.25) is 29.3 Å². The number of benzene rings is 3. The average molecular weight is 674 g/mol. The molecule has 6 rings (SSSR count). The molecule has 5 aromatic rings. The molecule has 1 saturated heterocycles. The van der Waals surface area contributed by atoms with Gasteiger partial charge in [-0.05, 0) is 49.6 Å². The number of H-pyrrole nitrogens is 1. The van der Waals surface area contributed by atoms with Crippen LogP contribution < -0.4 is 16.7 Å². The summed E-state index contributed by atoms with van der Waals surface area (Å²) in [5.74, 6) is -0.589. The van der Waals surface area contributed by atoms with Crippen molar-refractivity contribution in [3.63, 3.8) is 0 Å². The first-order chi connectivity index (χ1) is 23.1. The third kappa shape index (κ3) is 6.90. The summed E-state index contributed by atoms with van der Waals surface area (Å²) >= 11 is 1.53. The maximum Gasteiger partial charge on any atom is 0.508 e. The number of para-hydroxylation sites is 1. The number of hydrogen-bond acceptors (Lipinski definition) is 11. The van der Waals surface area contributed by atoms with E-state index in [2.05, 4.69) is 4.98 Å².